The van der Waals surface area contributed by atoms with E-state index in [1.165, 1.54) is 0 Å². The van der Waals surface area contributed by atoms with E-state index < -0.39 is 0 Å². The number of benzene rings is 2. The maximum absolute atomic E-state index is 5.99. The summed E-state index contributed by atoms with van der Waals surface area (Å²) in [5.74, 6) is 0. The first-order valence-corrected chi connectivity index (χ1v) is 6.62. The smallest absolute Gasteiger partial charge is 0.298 e. The van der Waals surface area contributed by atoms with Crippen LogP contribution in [-0.2, 0) is 6.54 Å². The van der Waals surface area contributed by atoms with Gasteiger partial charge >= 0.3 is 0 Å². The van der Waals surface area contributed by atoms with Gasteiger partial charge in [-0.25, -0.2) is 0 Å². The number of nitrogen functional groups attached to an aromatic ring is 1. The highest BCUT2D eigenvalue weighted by Gasteiger charge is 2.12. The molecule has 2 N–H and O–H groups in total. The SMILES string of the molecule is CN(Cc1cccc(Cl)c1)c1nc2c(N)cccc2o1. The maximum atomic E-state index is 5.99. The summed E-state index contributed by atoms with van der Waals surface area (Å²) in [4.78, 5) is 6.35. The molecule has 0 radical (unpaired) electrons. The number of aromatic nitrogens is 1. The van der Waals surface area contributed by atoms with Gasteiger partial charge in [-0.1, -0.05) is 29.8 Å². The van der Waals surface area contributed by atoms with Crippen LogP contribution in [0.3, 0.4) is 0 Å². The van der Waals surface area contributed by atoms with Gasteiger partial charge in [0.05, 0.1) is 5.69 Å². The van der Waals surface area contributed by atoms with Gasteiger partial charge in [-0.05, 0) is 29.8 Å². The second-order valence-corrected chi connectivity index (χ2v) is 5.11. The van der Waals surface area contributed by atoms with Crippen molar-refractivity contribution in [3.63, 3.8) is 0 Å². The van der Waals surface area contributed by atoms with Gasteiger partial charge in [0.25, 0.3) is 6.01 Å². The molecule has 1 aromatic heterocycles. The minimum Gasteiger partial charge on any atom is -0.423 e. The number of hydrogen-bond donors (Lipinski definition) is 1. The number of fused-ring (bicyclic) bond motifs is 1. The molecule has 20 heavy (non-hydrogen) atoms. The predicted molar refractivity (Wildman–Crippen MR) is 82.0 cm³/mol. The van der Waals surface area contributed by atoms with Crippen molar-refractivity contribution in [1.82, 2.24) is 4.98 Å². The monoisotopic (exact) mass is 287 g/mol. The van der Waals surface area contributed by atoms with Crippen LogP contribution >= 0.6 is 11.6 Å². The average Bonchev–Trinajstić information content (AvgIpc) is 2.84. The summed E-state index contributed by atoms with van der Waals surface area (Å²) in [7, 11) is 1.92. The fraction of sp³-hybridized carbons (Fsp3) is 0.133. The Morgan fingerprint density at radius 2 is 2.05 bits per heavy atom. The Morgan fingerprint density at radius 1 is 1.25 bits per heavy atom. The molecule has 4 nitrogen and oxygen atoms in total. The summed E-state index contributed by atoms with van der Waals surface area (Å²) in [6.07, 6.45) is 0. The molecule has 3 aromatic rings. The van der Waals surface area contributed by atoms with Gasteiger partial charge in [0.15, 0.2) is 5.58 Å². The number of anilines is 2. The van der Waals surface area contributed by atoms with Gasteiger partial charge in [-0.3, -0.25) is 0 Å². The summed E-state index contributed by atoms with van der Waals surface area (Å²) in [6.45, 7) is 0.660. The molecule has 2 aromatic carbocycles. The van der Waals surface area contributed by atoms with Crippen molar-refractivity contribution in [2.45, 2.75) is 6.54 Å². The number of nitrogens with two attached hydrogens (primary N) is 1. The lowest BCUT2D eigenvalue weighted by molar-refractivity contribution is 0.582. The van der Waals surface area contributed by atoms with Gasteiger partial charge < -0.3 is 15.1 Å². The van der Waals surface area contributed by atoms with Crippen LogP contribution in [0.25, 0.3) is 11.1 Å². The number of nitrogens with zero attached hydrogens (tertiary/aromatic N) is 2. The summed E-state index contributed by atoms with van der Waals surface area (Å²) in [5, 5.41) is 0.720. The molecule has 0 atom stereocenters. The second-order valence-electron chi connectivity index (χ2n) is 4.68. The fourth-order valence-electron chi connectivity index (χ4n) is 2.10. The number of halogens is 1. The van der Waals surface area contributed by atoms with Crippen LogP contribution in [0.4, 0.5) is 11.7 Å². The van der Waals surface area contributed by atoms with E-state index in [0.29, 0.717) is 29.3 Å². The van der Waals surface area contributed by atoms with Crippen molar-refractivity contribution in [3.05, 3.63) is 53.1 Å². The molecule has 0 bridgehead atoms. The normalized spacial score (nSPS) is 10.9. The van der Waals surface area contributed by atoms with Crippen LogP contribution in [0.2, 0.25) is 5.02 Å². The van der Waals surface area contributed by atoms with Crippen LogP contribution in [0.1, 0.15) is 5.56 Å². The Labute approximate surface area is 121 Å². The topological polar surface area (TPSA) is 55.3 Å². The van der Waals surface area contributed by atoms with Gasteiger partial charge in [0.1, 0.15) is 5.52 Å². The molecule has 0 spiro atoms. The largest absolute Gasteiger partial charge is 0.423 e. The van der Waals surface area contributed by atoms with E-state index in [2.05, 4.69) is 4.98 Å². The third-order valence-corrected chi connectivity index (χ3v) is 3.31. The fourth-order valence-corrected chi connectivity index (χ4v) is 2.31. The lowest BCUT2D eigenvalue weighted by Gasteiger charge is -2.14. The Kier molecular flexibility index (Phi) is 3.24. The van der Waals surface area contributed by atoms with Crippen molar-refractivity contribution in [1.29, 1.82) is 0 Å². The quantitative estimate of drug-likeness (QED) is 0.746. The lowest BCUT2D eigenvalue weighted by atomic mass is 10.2. The van der Waals surface area contributed by atoms with E-state index in [-0.39, 0.29) is 0 Å². The van der Waals surface area contributed by atoms with E-state index in [9.17, 15) is 0 Å². The van der Waals surface area contributed by atoms with Crippen LogP contribution in [0.5, 0.6) is 0 Å². The molecule has 5 heteroatoms. The van der Waals surface area contributed by atoms with Crippen LogP contribution in [0.15, 0.2) is 46.9 Å². The third-order valence-electron chi connectivity index (χ3n) is 3.07. The van der Waals surface area contributed by atoms with Gasteiger partial charge in [-0.15, -0.1) is 0 Å². The number of para-hydroxylation sites is 1. The van der Waals surface area contributed by atoms with Crippen LogP contribution in [-0.4, -0.2) is 12.0 Å². The Balaban J connectivity index is 1.89. The first-order chi connectivity index (χ1) is 9.63. The third kappa shape index (κ3) is 2.42. The molecular weight excluding hydrogens is 274 g/mol. The zero-order valence-corrected chi connectivity index (χ0v) is 11.8. The first kappa shape index (κ1) is 12.8. The molecular formula is C15H14ClN3O. The van der Waals surface area contributed by atoms with E-state index >= 15 is 0 Å². The Morgan fingerprint density at radius 3 is 2.80 bits per heavy atom. The van der Waals surface area contributed by atoms with Crippen molar-refractivity contribution in [2.75, 3.05) is 17.7 Å². The molecule has 0 fully saturated rings. The summed E-state index contributed by atoms with van der Waals surface area (Å²) in [5.41, 5.74) is 8.98. The van der Waals surface area contributed by atoms with Gasteiger partial charge in [0, 0.05) is 18.6 Å². The number of rotatable bonds is 3. The van der Waals surface area contributed by atoms with Gasteiger partial charge in [-0.2, -0.15) is 4.98 Å². The van der Waals surface area contributed by atoms with Crippen LogP contribution in [0, 0.1) is 0 Å². The summed E-state index contributed by atoms with van der Waals surface area (Å²) >= 11 is 5.99. The Bertz CT molecular complexity index is 754. The second kappa shape index (κ2) is 5.06. The van der Waals surface area contributed by atoms with E-state index in [1.54, 1.807) is 0 Å². The minimum atomic E-state index is 0.540. The first-order valence-electron chi connectivity index (χ1n) is 6.24. The zero-order valence-electron chi connectivity index (χ0n) is 11.0. The molecule has 1 heterocycles. The van der Waals surface area contributed by atoms with E-state index in [0.717, 1.165) is 10.6 Å². The molecule has 0 saturated carbocycles. The van der Waals surface area contributed by atoms with E-state index in [1.807, 2.05) is 54.4 Å². The maximum Gasteiger partial charge on any atom is 0.298 e. The van der Waals surface area contributed by atoms with E-state index in [4.69, 9.17) is 21.8 Å². The average molecular weight is 288 g/mol. The number of oxazole rings is 1. The molecule has 0 saturated heterocycles. The summed E-state index contributed by atoms with van der Waals surface area (Å²) in [6, 6.07) is 13.8. The van der Waals surface area contributed by atoms with Crippen LogP contribution < -0.4 is 10.6 Å². The highest BCUT2D eigenvalue weighted by Crippen LogP contribution is 2.26. The molecule has 0 aliphatic heterocycles. The van der Waals surface area contributed by atoms with Gasteiger partial charge in [0.2, 0.25) is 0 Å². The van der Waals surface area contributed by atoms with Crippen molar-refractivity contribution in [2.24, 2.45) is 0 Å². The highest BCUT2D eigenvalue weighted by atomic mass is 35.5. The minimum absolute atomic E-state index is 0.540. The van der Waals surface area contributed by atoms with Crippen molar-refractivity contribution >= 4 is 34.4 Å². The lowest BCUT2D eigenvalue weighted by Crippen LogP contribution is -2.16. The molecule has 3 rings (SSSR count). The molecule has 0 aliphatic rings. The zero-order chi connectivity index (χ0) is 14.1. The molecule has 0 aliphatic carbocycles. The Hall–Kier alpha value is -2.20. The number of hydrogen-bond acceptors (Lipinski definition) is 4. The molecule has 102 valence electrons. The standard InChI is InChI=1S/C15H14ClN3O/c1-19(9-10-4-2-5-11(16)8-10)15-18-14-12(17)6-3-7-13(14)20-15/h2-8H,9,17H2,1H3. The summed E-state index contributed by atoms with van der Waals surface area (Å²) < 4.78 is 5.71. The predicted octanol–water partition coefficient (Wildman–Crippen LogP) is 3.70. The molecule has 0 unspecified atom stereocenters. The molecule has 0 amide bonds. The van der Waals surface area contributed by atoms with Crippen molar-refractivity contribution < 1.29 is 4.42 Å². The highest BCUT2D eigenvalue weighted by molar-refractivity contribution is 6.30. The van der Waals surface area contributed by atoms with Crippen molar-refractivity contribution in [3.8, 4) is 0 Å².